The van der Waals surface area contributed by atoms with E-state index in [1.807, 2.05) is 0 Å². The van der Waals surface area contributed by atoms with Gasteiger partial charge in [-0.3, -0.25) is 4.79 Å². The average molecular weight is 327 g/mol. The summed E-state index contributed by atoms with van der Waals surface area (Å²) in [6.45, 7) is 10.7. The monoisotopic (exact) mass is 327 g/mol. The van der Waals surface area contributed by atoms with Crippen molar-refractivity contribution in [2.75, 3.05) is 0 Å². The van der Waals surface area contributed by atoms with Gasteiger partial charge < -0.3 is 14.6 Å². The van der Waals surface area contributed by atoms with E-state index in [0.717, 1.165) is 4.68 Å². The lowest BCUT2D eigenvalue weighted by Crippen LogP contribution is -2.50. The molecule has 1 N–H and O–H groups in total. The van der Waals surface area contributed by atoms with Crippen LogP contribution in [-0.4, -0.2) is 26.6 Å². The number of aromatic nitrogens is 2. The van der Waals surface area contributed by atoms with Gasteiger partial charge in [-0.1, -0.05) is 6.07 Å². The second kappa shape index (κ2) is 5.65. The van der Waals surface area contributed by atoms with Gasteiger partial charge in [0.25, 0.3) is 5.56 Å². The molecule has 7 nitrogen and oxygen atoms in total. The first-order valence-corrected chi connectivity index (χ1v) is 7.41. The third-order valence-electron chi connectivity index (χ3n) is 3.98. The van der Waals surface area contributed by atoms with Crippen molar-refractivity contribution in [2.45, 2.75) is 31.7 Å². The van der Waals surface area contributed by atoms with Crippen molar-refractivity contribution < 1.29 is 14.6 Å². The van der Waals surface area contributed by atoms with Crippen LogP contribution in [0.1, 0.15) is 25.5 Å². The number of fused-ring (bicyclic) bond motifs is 1. The summed E-state index contributed by atoms with van der Waals surface area (Å²) in [5, 5.41) is 14.7. The van der Waals surface area contributed by atoms with Crippen LogP contribution in [0.4, 0.5) is 5.69 Å². The number of rotatable bonds is 2. The van der Waals surface area contributed by atoms with Crippen LogP contribution in [0.15, 0.2) is 35.1 Å². The Bertz CT molecular complexity index is 882. The van der Waals surface area contributed by atoms with Gasteiger partial charge in [0.2, 0.25) is 5.88 Å². The lowest BCUT2D eigenvalue weighted by Gasteiger charge is -2.41. The van der Waals surface area contributed by atoms with E-state index in [9.17, 15) is 9.90 Å². The molecule has 0 fully saturated rings. The summed E-state index contributed by atoms with van der Waals surface area (Å²) < 4.78 is 12.8. The Morgan fingerprint density at radius 3 is 2.79 bits per heavy atom. The molecule has 1 aliphatic heterocycles. The van der Waals surface area contributed by atoms with Gasteiger partial charge in [-0.05, 0) is 26.0 Å². The molecule has 24 heavy (non-hydrogen) atoms. The number of aliphatic hydroxyl groups excluding tert-OH is 1. The van der Waals surface area contributed by atoms with E-state index in [1.165, 1.54) is 19.2 Å². The Balaban J connectivity index is 2.06. The van der Waals surface area contributed by atoms with Crippen LogP contribution in [0.25, 0.3) is 4.85 Å². The molecule has 2 heterocycles. The van der Waals surface area contributed by atoms with E-state index in [2.05, 4.69) is 9.94 Å². The Labute approximate surface area is 138 Å². The molecule has 0 radical (unpaired) electrons. The third kappa shape index (κ3) is 2.72. The normalized spacial score (nSPS) is 21.3. The molecule has 1 aliphatic rings. The van der Waals surface area contributed by atoms with Crippen LogP contribution < -0.4 is 15.0 Å². The zero-order valence-corrected chi connectivity index (χ0v) is 13.6. The summed E-state index contributed by atoms with van der Waals surface area (Å²) >= 11 is 0. The Morgan fingerprint density at radius 2 is 2.12 bits per heavy atom. The van der Waals surface area contributed by atoms with Crippen LogP contribution in [-0.2, 0) is 7.05 Å². The van der Waals surface area contributed by atoms with E-state index in [4.69, 9.17) is 16.0 Å². The minimum absolute atomic E-state index is 0.206. The van der Waals surface area contributed by atoms with Gasteiger partial charge >= 0.3 is 0 Å². The standard InChI is InChI=1S/C17H17N3O4/c1-17(2)16(22)15(23-13-7-8-14(21)20(4)19-13)11-9-10(18-3)5-6-12(11)24-17/h5-9,15-16,22H,1-2,4H3/t15-,16+/m1/s1. The maximum atomic E-state index is 11.5. The van der Waals surface area contributed by atoms with Crippen molar-refractivity contribution in [3.05, 3.63) is 57.7 Å². The number of aryl methyl sites for hydroxylation is 1. The Morgan fingerprint density at radius 1 is 1.38 bits per heavy atom. The number of hydrogen-bond donors (Lipinski definition) is 1. The first kappa shape index (κ1) is 16.0. The highest BCUT2D eigenvalue weighted by atomic mass is 16.5. The highest BCUT2D eigenvalue weighted by Crippen LogP contribution is 2.43. The lowest BCUT2D eigenvalue weighted by molar-refractivity contribution is -0.104. The number of hydrogen-bond acceptors (Lipinski definition) is 5. The summed E-state index contributed by atoms with van der Waals surface area (Å²) in [5.41, 5.74) is -0.138. The minimum Gasteiger partial charge on any atom is -0.485 e. The van der Waals surface area contributed by atoms with Crippen molar-refractivity contribution >= 4 is 5.69 Å². The highest BCUT2D eigenvalue weighted by molar-refractivity contribution is 5.54. The Hall–Kier alpha value is -2.85. The summed E-state index contributed by atoms with van der Waals surface area (Å²) in [6, 6.07) is 7.78. The van der Waals surface area contributed by atoms with E-state index >= 15 is 0 Å². The first-order chi connectivity index (χ1) is 11.3. The van der Waals surface area contributed by atoms with Crippen LogP contribution in [0.3, 0.4) is 0 Å². The van der Waals surface area contributed by atoms with Crippen molar-refractivity contribution in [1.82, 2.24) is 9.78 Å². The van der Waals surface area contributed by atoms with Gasteiger partial charge in [-0.2, -0.15) is 0 Å². The van der Waals surface area contributed by atoms with Crippen LogP contribution in [0, 0.1) is 6.57 Å². The van der Waals surface area contributed by atoms with Gasteiger partial charge in [0.1, 0.15) is 17.5 Å². The maximum absolute atomic E-state index is 11.5. The van der Waals surface area contributed by atoms with E-state index in [1.54, 1.807) is 32.0 Å². The van der Waals surface area contributed by atoms with Gasteiger partial charge in [-0.15, -0.1) is 5.10 Å². The fraction of sp³-hybridized carbons (Fsp3) is 0.353. The zero-order valence-electron chi connectivity index (χ0n) is 13.6. The fourth-order valence-corrected chi connectivity index (χ4v) is 2.60. The smallest absolute Gasteiger partial charge is 0.266 e. The molecule has 0 aliphatic carbocycles. The molecule has 0 bridgehead atoms. The van der Waals surface area contributed by atoms with Crippen molar-refractivity contribution in [3.8, 4) is 11.6 Å². The van der Waals surface area contributed by atoms with Crippen LogP contribution >= 0.6 is 0 Å². The van der Waals surface area contributed by atoms with Crippen molar-refractivity contribution in [3.63, 3.8) is 0 Å². The molecule has 7 heteroatoms. The predicted molar refractivity (Wildman–Crippen MR) is 86.3 cm³/mol. The van der Waals surface area contributed by atoms with Gasteiger partial charge in [0.05, 0.1) is 6.57 Å². The lowest BCUT2D eigenvalue weighted by atomic mass is 9.88. The van der Waals surface area contributed by atoms with Crippen LogP contribution in [0.2, 0.25) is 0 Å². The van der Waals surface area contributed by atoms with Gasteiger partial charge in [-0.25, -0.2) is 9.53 Å². The number of benzene rings is 1. The number of aliphatic hydroxyl groups is 1. The van der Waals surface area contributed by atoms with Crippen LogP contribution in [0.5, 0.6) is 11.6 Å². The highest BCUT2D eigenvalue weighted by Gasteiger charge is 2.44. The summed E-state index contributed by atoms with van der Waals surface area (Å²) in [7, 11) is 1.52. The molecule has 3 rings (SSSR count). The molecule has 2 aromatic rings. The molecular formula is C17H17N3O4. The van der Waals surface area contributed by atoms with E-state index in [-0.39, 0.29) is 11.4 Å². The summed E-state index contributed by atoms with van der Waals surface area (Å²) in [5.74, 6) is 0.755. The maximum Gasteiger partial charge on any atom is 0.266 e. The second-order valence-corrected chi connectivity index (χ2v) is 6.16. The molecule has 0 saturated heterocycles. The first-order valence-electron chi connectivity index (χ1n) is 7.41. The fourth-order valence-electron chi connectivity index (χ4n) is 2.60. The van der Waals surface area contributed by atoms with Gasteiger partial charge in [0.15, 0.2) is 11.8 Å². The molecule has 0 unspecified atom stereocenters. The SMILES string of the molecule is [C-]#[N+]c1ccc2c(c1)[C@@H](Oc1ccc(=O)n(C)n1)[C@H](O)C(C)(C)O2. The molecule has 0 spiro atoms. The molecule has 2 atom stereocenters. The third-order valence-corrected chi connectivity index (χ3v) is 3.98. The predicted octanol–water partition coefficient (Wildman–Crippen LogP) is 1.98. The Kier molecular flexibility index (Phi) is 3.78. The molecule has 1 aromatic heterocycles. The molecule has 0 amide bonds. The number of nitrogens with zero attached hydrogens (tertiary/aromatic N) is 3. The summed E-state index contributed by atoms with van der Waals surface area (Å²) in [6.07, 6.45) is -1.75. The van der Waals surface area contributed by atoms with Crippen molar-refractivity contribution in [2.24, 2.45) is 7.05 Å². The largest absolute Gasteiger partial charge is 0.485 e. The average Bonchev–Trinajstić information content (AvgIpc) is 2.54. The number of ether oxygens (including phenoxy) is 2. The van der Waals surface area contributed by atoms with Gasteiger partial charge in [0, 0.05) is 24.7 Å². The second-order valence-electron chi connectivity index (χ2n) is 6.16. The molecule has 0 saturated carbocycles. The molecule has 1 aromatic carbocycles. The molecular weight excluding hydrogens is 310 g/mol. The van der Waals surface area contributed by atoms with E-state index in [0.29, 0.717) is 17.0 Å². The zero-order chi connectivity index (χ0) is 17.5. The minimum atomic E-state index is -0.981. The van der Waals surface area contributed by atoms with E-state index < -0.39 is 17.8 Å². The quantitative estimate of drug-likeness (QED) is 0.854. The summed E-state index contributed by atoms with van der Waals surface area (Å²) in [4.78, 5) is 14.9. The molecule has 124 valence electrons. The topological polar surface area (TPSA) is 77.9 Å². The van der Waals surface area contributed by atoms with Crippen molar-refractivity contribution in [1.29, 1.82) is 0 Å².